The number of halogens is 1. The van der Waals surface area contributed by atoms with Crippen LogP contribution in [0.1, 0.15) is 6.42 Å². The van der Waals surface area contributed by atoms with Gasteiger partial charge in [-0.2, -0.15) is 0 Å². The molecule has 0 bridgehead atoms. The number of hydrogen-bond acceptors (Lipinski definition) is 2. The van der Waals surface area contributed by atoms with Crippen molar-refractivity contribution >= 4 is 28.6 Å². The lowest BCUT2D eigenvalue weighted by Gasteiger charge is -2.01. The van der Waals surface area contributed by atoms with Gasteiger partial charge in [-0.1, -0.05) is 17.7 Å². The van der Waals surface area contributed by atoms with Gasteiger partial charge in [0.15, 0.2) is 0 Å². The third-order valence-corrected chi connectivity index (χ3v) is 2.60. The van der Waals surface area contributed by atoms with Crippen molar-refractivity contribution in [3.8, 4) is 0 Å². The van der Waals surface area contributed by atoms with E-state index in [9.17, 15) is 9.59 Å². The minimum absolute atomic E-state index is 0.109. The number of rotatable bonds is 3. The third-order valence-electron chi connectivity index (χ3n) is 2.29. The summed E-state index contributed by atoms with van der Waals surface area (Å²) in [7, 11) is 0. The molecule has 0 aliphatic heterocycles. The molecule has 2 N–H and O–H groups in total. The van der Waals surface area contributed by atoms with Crippen LogP contribution in [-0.4, -0.2) is 20.6 Å². The fraction of sp³-hybridized carbons (Fsp3) is 0.200. The molecule has 6 heteroatoms. The van der Waals surface area contributed by atoms with Crippen LogP contribution in [0.3, 0.4) is 0 Å². The number of aliphatic carboxylic acids is 1. The van der Waals surface area contributed by atoms with Crippen molar-refractivity contribution in [1.82, 2.24) is 9.55 Å². The van der Waals surface area contributed by atoms with E-state index in [0.717, 1.165) is 0 Å². The van der Waals surface area contributed by atoms with Crippen LogP contribution in [0.15, 0.2) is 23.0 Å². The van der Waals surface area contributed by atoms with Crippen molar-refractivity contribution in [2.75, 3.05) is 0 Å². The predicted octanol–water partition coefficient (Wildman–Crippen LogP) is 1.46. The first kappa shape index (κ1) is 10.8. The van der Waals surface area contributed by atoms with E-state index in [1.807, 2.05) is 0 Å². The zero-order chi connectivity index (χ0) is 11.7. The van der Waals surface area contributed by atoms with Crippen LogP contribution in [0.2, 0.25) is 5.02 Å². The molecule has 0 atom stereocenters. The molecule has 0 unspecified atom stereocenters. The van der Waals surface area contributed by atoms with Crippen LogP contribution in [-0.2, 0) is 11.3 Å². The summed E-state index contributed by atoms with van der Waals surface area (Å²) in [6.07, 6.45) is -0.113. The van der Waals surface area contributed by atoms with Crippen LogP contribution in [0.4, 0.5) is 0 Å². The van der Waals surface area contributed by atoms with Crippen LogP contribution in [0.5, 0.6) is 0 Å². The lowest BCUT2D eigenvalue weighted by atomic mass is 10.3. The summed E-state index contributed by atoms with van der Waals surface area (Å²) in [5.41, 5.74) is 0.822. The van der Waals surface area contributed by atoms with Gasteiger partial charge in [-0.25, -0.2) is 4.79 Å². The van der Waals surface area contributed by atoms with Crippen LogP contribution in [0.25, 0.3) is 11.0 Å². The van der Waals surface area contributed by atoms with Gasteiger partial charge in [-0.05, 0) is 12.1 Å². The molecule has 0 spiro atoms. The monoisotopic (exact) mass is 240 g/mol. The average Bonchev–Trinajstić information content (AvgIpc) is 2.52. The Morgan fingerprint density at radius 3 is 2.94 bits per heavy atom. The molecule has 0 saturated heterocycles. The normalized spacial score (nSPS) is 10.8. The van der Waals surface area contributed by atoms with Gasteiger partial charge >= 0.3 is 11.7 Å². The summed E-state index contributed by atoms with van der Waals surface area (Å²) in [5.74, 6) is -0.951. The highest BCUT2D eigenvalue weighted by atomic mass is 35.5. The SMILES string of the molecule is O=C(O)CCn1c(=O)[nH]c2cccc(Cl)c21. The second kappa shape index (κ2) is 4.02. The zero-order valence-electron chi connectivity index (χ0n) is 8.24. The smallest absolute Gasteiger partial charge is 0.326 e. The lowest BCUT2D eigenvalue weighted by molar-refractivity contribution is -0.137. The lowest BCUT2D eigenvalue weighted by Crippen LogP contribution is -2.18. The molecular formula is C10H9ClN2O3. The van der Waals surface area contributed by atoms with E-state index in [0.29, 0.717) is 16.1 Å². The number of para-hydroxylation sites is 1. The molecule has 5 nitrogen and oxygen atoms in total. The van der Waals surface area contributed by atoms with E-state index in [-0.39, 0.29) is 18.7 Å². The number of carbonyl (C=O) groups is 1. The first-order valence-corrected chi connectivity index (χ1v) is 5.06. The molecule has 1 aromatic heterocycles. The fourth-order valence-electron chi connectivity index (χ4n) is 1.60. The molecule has 0 amide bonds. The predicted molar refractivity (Wildman–Crippen MR) is 59.8 cm³/mol. The van der Waals surface area contributed by atoms with Gasteiger partial charge in [0.25, 0.3) is 0 Å². The van der Waals surface area contributed by atoms with E-state index in [1.165, 1.54) is 4.57 Å². The fourth-order valence-corrected chi connectivity index (χ4v) is 1.87. The van der Waals surface area contributed by atoms with Gasteiger partial charge in [0, 0.05) is 6.54 Å². The molecule has 0 fully saturated rings. The number of nitrogens with zero attached hydrogens (tertiary/aromatic N) is 1. The largest absolute Gasteiger partial charge is 0.481 e. The van der Waals surface area contributed by atoms with E-state index < -0.39 is 5.97 Å². The maximum Gasteiger partial charge on any atom is 0.326 e. The maximum atomic E-state index is 11.6. The summed E-state index contributed by atoms with van der Waals surface area (Å²) in [4.78, 5) is 24.6. The molecular weight excluding hydrogens is 232 g/mol. The summed E-state index contributed by atoms with van der Waals surface area (Å²) in [6.45, 7) is 0.109. The van der Waals surface area contributed by atoms with Crippen LogP contribution in [0, 0.1) is 0 Å². The number of aromatic amines is 1. The Hall–Kier alpha value is -1.75. The highest BCUT2D eigenvalue weighted by Gasteiger charge is 2.10. The minimum atomic E-state index is -0.951. The first-order valence-electron chi connectivity index (χ1n) is 4.68. The number of fused-ring (bicyclic) bond motifs is 1. The maximum absolute atomic E-state index is 11.6. The molecule has 0 saturated carbocycles. The van der Waals surface area contributed by atoms with Gasteiger partial charge in [0.1, 0.15) is 0 Å². The molecule has 1 aromatic carbocycles. The number of imidazole rings is 1. The van der Waals surface area contributed by atoms with Crippen molar-refractivity contribution in [3.63, 3.8) is 0 Å². The summed E-state index contributed by atoms with van der Waals surface area (Å²) in [6, 6.07) is 5.11. The zero-order valence-corrected chi connectivity index (χ0v) is 8.99. The second-order valence-corrected chi connectivity index (χ2v) is 3.77. The Bertz CT molecular complexity index is 600. The van der Waals surface area contributed by atoms with Crippen LogP contribution >= 0.6 is 11.6 Å². The van der Waals surface area contributed by atoms with Gasteiger partial charge in [-0.3, -0.25) is 9.36 Å². The number of nitrogens with one attached hydrogen (secondary N) is 1. The summed E-state index contributed by atoms with van der Waals surface area (Å²) >= 11 is 5.96. The summed E-state index contributed by atoms with van der Waals surface area (Å²) < 4.78 is 1.34. The number of aryl methyl sites for hydroxylation is 1. The van der Waals surface area contributed by atoms with E-state index in [1.54, 1.807) is 18.2 Å². The van der Waals surface area contributed by atoms with Gasteiger partial charge in [0.2, 0.25) is 0 Å². The topological polar surface area (TPSA) is 75.1 Å². The molecule has 0 aliphatic rings. The van der Waals surface area contributed by atoms with Gasteiger partial charge in [0.05, 0.1) is 22.5 Å². The van der Waals surface area contributed by atoms with Crippen molar-refractivity contribution in [2.24, 2.45) is 0 Å². The number of carboxylic acids is 1. The second-order valence-electron chi connectivity index (χ2n) is 3.36. The van der Waals surface area contributed by atoms with Crippen molar-refractivity contribution in [3.05, 3.63) is 33.7 Å². The van der Waals surface area contributed by atoms with E-state index in [2.05, 4.69) is 4.98 Å². The molecule has 16 heavy (non-hydrogen) atoms. The quantitative estimate of drug-likeness (QED) is 0.853. The minimum Gasteiger partial charge on any atom is -0.481 e. The third kappa shape index (κ3) is 1.81. The Kier molecular flexibility index (Phi) is 2.70. The van der Waals surface area contributed by atoms with Crippen molar-refractivity contribution < 1.29 is 9.90 Å². The Balaban J connectivity index is 2.55. The molecule has 2 aromatic rings. The van der Waals surface area contributed by atoms with Crippen molar-refractivity contribution in [2.45, 2.75) is 13.0 Å². The number of benzene rings is 1. The highest BCUT2D eigenvalue weighted by Crippen LogP contribution is 2.20. The number of H-pyrrole nitrogens is 1. The number of hydrogen-bond donors (Lipinski definition) is 2. The Labute approximate surface area is 95.3 Å². The molecule has 84 valence electrons. The Morgan fingerprint density at radius 2 is 2.25 bits per heavy atom. The number of carboxylic acid groups (broad SMARTS) is 1. The first-order chi connectivity index (χ1) is 7.59. The molecule has 2 rings (SSSR count). The molecule has 0 aliphatic carbocycles. The van der Waals surface area contributed by atoms with E-state index >= 15 is 0 Å². The summed E-state index contributed by atoms with van der Waals surface area (Å²) in [5, 5.41) is 9.02. The van der Waals surface area contributed by atoms with Gasteiger partial charge < -0.3 is 10.1 Å². The number of aromatic nitrogens is 2. The van der Waals surface area contributed by atoms with Crippen molar-refractivity contribution in [1.29, 1.82) is 0 Å². The Morgan fingerprint density at radius 1 is 1.50 bits per heavy atom. The highest BCUT2D eigenvalue weighted by molar-refractivity contribution is 6.34. The van der Waals surface area contributed by atoms with E-state index in [4.69, 9.17) is 16.7 Å². The van der Waals surface area contributed by atoms with Crippen LogP contribution < -0.4 is 5.69 Å². The average molecular weight is 241 g/mol. The molecule has 1 heterocycles. The standard InChI is InChI=1S/C10H9ClN2O3/c11-6-2-1-3-7-9(6)13(10(16)12-7)5-4-8(14)15/h1-3H,4-5H2,(H,12,16)(H,14,15). The van der Waals surface area contributed by atoms with Gasteiger partial charge in [-0.15, -0.1) is 0 Å². The molecule has 0 radical (unpaired) electrons.